The molecular weight excluding hydrogens is 256 g/mol. The van der Waals surface area contributed by atoms with Crippen molar-refractivity contribution in [2.45, 2.75) is 19.6 Å². The van der Waals surface area contributed by atoms with E-state index >= 15 is 0 Å². The van der Waals surface area contributed by atoms with Crippen LogP contribution >= 0.6 is 15.9 Å². The average Bonchev–Trinajstić information content (AvgIpc) is 2.01. The van der Waals surface area contributed by atoms with Crippen molar-refractivity contribution in [2.75, 3.05) is 0 Å². The third-order valence-corrected chi connectivity index (χ3v) is 2.18. The Morgan fingerprint density at radius 1 is 1.43 bits per heavy atom. The predicted octanol–water partition coefficient (Wildman–Crippen LogP) is 3.07. The maximum Gasteiger partial charge on any atom is 0.387 e. The summed E-state index contributed by atoms with van der Waals surface area (Å²) in [5, 5.41) is 0. The lowest BCUT2D eigenvalue weighted by Crippen LogP contribution is -2.10. The molecule has 1 atom stereocenters. The Labute approximate surface area is 89.2 Å². The molecule has 2 nitrogen and oxygen atoms in total. The summed E-state index contributed by atoms with van der Waals surface area (Å²) >= 11 is 3.17. The fraction of sp³-hybridized carbons (Fsp3) is 0.333. The molecule has 0 heterocycles. The molecule has 0 unspecified atom stereocenters. The smallest absolute Gasteiger partial charge is 0.387 e. The Morgan fingerprint density at radius 3 is 2.57 bits per heavy atom. The summed E-state index contributed by atoms with van der Waals surface area (Å²) in [6, 6.07) is 4.53. The lowest BCUT2D eigenvalue weighted by molar-refractivity contribution is -0.0506. The van der Waals surface area contributed by atoms with Crippen LogP contribution in [0.3, 0.4) is 0 Å². The van der Waals surface area contributed by atoms with Gasteiger partial charge in [0.2, 0.25) is 0 Å². The molecular formula is C9H10BrF2NO. The summed E-state index contributed by atoms with van der Waals surface area (Å²) in [5.41, 5.74) is 6.16. The van der Waals surface area contributed by atoms with E-state index in [1.54, 1.807) is 19.1 Å². The molecule has 0 amide bonds. The zero-order valence-corrected chi connectivity index (χ0v) is 9.09. The molecule has 14 heavy (non-hydrogen) atoms. The van der Waals surface area contributed by atoms with Gasteiger partial charge < -0.3 is 10.5 Å². The van der Waals surface area contributed by atoms with E-state index in [2.05, 4.69) is 20.7 Å². The largest absolute Gasteiger partial charge is 0.434 e. The lowest BCUT2D eigenvalue weighted by atomic mass is 10.1. The number of ether oxygens (including phenoxy) is 1. The molecule has 0 saturated carbocycles. The number of alkyl halides is 2. The van der Waals surface area contributed by atoms with Gasteiger partial charge in [-0.05, 0) is 19.1 Å². The van der Waals surface area contributed by atoms with Gasteiger partial charge in [0.1, 0.15) is 5.75 Å². The van der Waals surface area contributed by atoms with Crippen molar-refractivity contribution >= 4 is 15.9 Å². The molecule has 0 saturated heterocycles. The molecule has 0 radical (unpaired) electrons. The Balaban J connectivity index is 3.03. The summed E-state index contributed by atoms with van der Waals surface area (Å²) in [5.74, 6) is 0.115. The fourth-order valence-electron chi connectivity index (χ4n) is 1.08. The highest BCUT2D eigenvalue weighted by molar-refractivity contribution is 9.10. The molecule has 0 aliphatic heterocycles. The third-order valence-electron chi connectivity index (χ3n) is 1.68. The van der Waals surface area contributed by atoms with Crippen molar-refractivity contribution in [3.63, 3.8) is 0 Å². The minimum absolute atomic E-state index is 0.115. The Kier molecular flexibility index (Phi) is 3.83. The van der Waals surface area contributed by atoms with Gasteiger partial charge in [0.05, 0.1) is 0 Å². The summed E-state index contributed by atoms with van der Waals surface area (Å²) in [4.78, 5) is 0. The standard InChI is InChI=1S/C9H10BrF2NO/c1-5(13)7-3-2-6(10)4-8(7)14-9(11)12/h2-5,9H,13H2,1H3/t5-/m1/s1. The van der Waals surface area contributed by atoms with Crippen molar-refractivity contribution in [3.05, 3.63) is 28.2 Å². The van der Waals surface area contributed by atoms with Crippen molar-refractivity contribution in [1.29, 1.82) is 0 Å². The molecule has 2 N–H and O–H groups in total. The van der Waals surface area contributed by atoms with Gasteiger partial charge >= 0.3 is 6.61 Å². The second kappa shape index (κ2) is 4.70. The molecule has 0 aromatic heterocycles. The summed E-state index contributed by atoms with van der Waals surface area (Å²) in [7, 11) is 0. The van der Waals surface area contributed by atoms with Crippen LogP contribution in [0.4, 0.5) is 8.78 Å². The number of nitrogens with two attached hydrogens (primary N) is 1. The SMILES string of the molecule is C[C@@H](N)c1ccc(Br)cc1OC(F)F. The first-order valence-corrected chi connectivity index (χ1v) is 4.80. The molecule has 1 aromatic carbocycles. The van der Waals surface area contributed by atoms with Crippen LogP contribution in [0.5, 0.6) is 5.75 Å². The first-order valence-electron chi connectivity index (χ1n) is 4.00. The van der Waals surface area contributed by atoms with Crippen molar-refractivity contribution in [2.24, 2.45) is 5.73 Å². The van der Waals surface area contributed by atoms with Crippen LogP contribution in [0.15, 0.2) is 22.7 Å². The molecule has 5 heteroatoms. The molecule has 0 aliphatic carbocycles. The number of hydrogen-bond acceptors (Lipinski definition) is 2. The van der Waals surface area contributed by atoms with Crippen LogP contribution in [-0.2, 0) is 0 Å². The van der Waals surface area contributed by atoms with E-state index in [0.717, 1.165) is 0 Å². The zero-order chi connectivity index (χ0) is 10.7. The van der Waals surface area contributed by atoms with Gasteiger partial charge in [-0.25, -0.2) is 0 Å². The Morgan fingerprint density at radius 2 is 2.07 bits per heavy atom. The second-order valence-corrected chi connectivity index (χ2v) is 3.77. The molecule has 78 valence electrons. The van der Waals surface area contributed by atoms with Crippen LogP contribution in [-0.4, -0.2) is 6.61 Å². The van der Waals surface area contributed by atoms with Crippen LogP contribution in [0, 0.1) is 0 Å². The maximum atomic E-state index is 12.0. The molecule has 1 aromatic rings. The van der Waals surface area contributed by atoms with E-state index in [4.69, 9.17) is 5.73 Å². The highest BCUT2D eigenvalue weighted by Crippen LogP contribution is 2.28. The first-order chi connectivity index (χ1) is 6.50. The van der Waals surface area contributed by atoms with E-state index in [0.29, 0.717) is 10.0 Å². The van der Waals surface area contributed by atoms with Gasteiger partial charge in [0, 0.05) is 16.1 Å². The monoisotopic (exact) mass is 265 g/mol. The van der Waals surface area contributed by atoms with E-state index in [1.807, 2.05) is 0 Å². The lowest BCUT2D eigenvalue weighted by Gasteiger charge is -2.13. The van der Waals surface area contributed by atoms with E-state index in [-0.39, 0.29) is 11.8 Å². The Hall–Kier alpha value is -0.680. The quantitative estimate of drug-likeness (QED) is 0.912. The zero-order valence-electron chi connectivity index (χ0n) is 7.51. The van der Waals surface area contributed by atoms with Gasteiger partial charge in [-0.2, -0.15) is 8.78 Å². The predicted molar refractivity (Wildman–Crippen MR) is 53.4 cm³/mol. The van der Waals surface area contributed by atoms with Crippen LogP contribution < -0.4 is 10.5 Å². The maximum absolute atomic E-state index is 12.0. The van der Waals surface area contributed by atoms with Crippen LogP contribution in [0.2, 0.25) is 0 Å². The van der Waals surface area contributed by atoms with Crippen molar-refractivity contribution in [1.82, 2.24) is 0 Å². The molecule has 0 bridgehead atoms. The second-order valence-electron chi connectivity index (χ2n) is 2.85. The average molecular weight is 266 g/mol. The van der Waals surface area contributed by atoms with Gasteiger partial charge in [-0.15, -0.1) is 0 Å². The van der Waals surface area contributed by atoms with E-state index in [1.165, 1.54) is 6.07 Å². The highest BCUT2D eigenvalue weighted by atomic mass is 79.9. The van der Waals surface area contributed by atoms with Gasteiger partial charge in [-0.1, -0.05) is 22.0 Å². The number of halogens is 3. The number of benzene rings is 1. The molecule has 0 spiro atoms. The minimum atomic E-state index is -2.83. The minimum Gasteiger partial charge on any atom is -0.434 e. The molecule has 0 aliphatic rings. The highest BCUT2D eigenvalue weighted by Gasteiger charge is 2.12. The molecule has 1 rings (SSSR count). The third kappa shape index (κ3) is 2.92. The summed E-state index contributed by atoms with van der Waals surface area (Å²) < 4.78 is 29.1. The van der Waals surface area contributed by atoms with Crippen LogP contribution in [0.25, 0.3) is 0 Å². The first kappa shape index (κ1) is 11.4. The van der Waals surface area contributed by atoms with Gasteiger partial charge in [0.25, 0.3) is 0 Å². The molecule has 0 fully saturated rings. The van der Waals surface area contributed by atoms with Gasteiger partial charge in [-0.3, -0.25) is 0 Å². The van der Waals surface area contributed by atoms with Gasteiger partial charge in [0.15, 0.2) is 0 Å². The van der Waals surface area contributed by atoms with E-state index < -0.39 is 6.61 Å². The summed E-state index contributed by atoms with van der Waals surface area (Å²) in [6.07, 6.45) is 0. The number of rotatable bonds is 3. The fourth-order valence-corrected chi connectivity index (χ4v) is 1.42. The topological polar surface area (TPSA) is 35.2 Å². The Bertz CT molecular complexity index is 318. The van der Waals surface area contributed by atoms with Crippen molar-refractivity contribution in [3.8, 4) is 5.75 Å². The summed E-state index contributed by atoms with van der Waals surface area (Å²) in [6.45, 7) is -1.12. The normalized spacial score (nSPS) is 13.0. The van der Waals surface area contributed by atoms with Crippen molar-refractivity contribution < 1.29 is 13.5 Å². The van der Waals surface area contributed by atoms with Crippen LogP contribution in [0.1, 0.15) is 18.5 Å². The van der Waals surface area contributed by atoms with E-state index in [9.17, 15) is 8.78 Å². The number of hydrogen-bond donors (Lipinski definition) is 1.